The van der Waals surface area contributed by atoms with E-state index in [1.807, 2.05) is 41.7 Å². The van der Waals surface area contributed by atoms with Crippen LogP contribution in [0.3, 0.4) is 0 Å². The lowest BCUT2D eigenvalue weighted by atomic mass is 10.1. The Morgan fingerprint density at radius 3 is 2.54 bits per heavy atom. The molecule has 1 aliphatic heterocycles. The van der Waals surface area contributed by atoms with E-state index in [4.69, 9.17) is 4.99 Å². The maximum Gasteiger partial charge on any atom is 0.194 e. The molecule has 3 rings (SSSR count). The predicted molar refractivity (Wildman–Crippen MR) is 129 cm³/mol. The quantitative estimate of drug-likeness (QED) is 0.339. The van der Waals surface area contributed by atoms with Gasteiger partial charge in [0, 0.05) is 50.6 Å². The van der Waals surface area contributed by atoms with Crippen molar-refractivity contribution in [2.24, 2.45) is 4.99 Å². The van der Waals surface area contributed by atoms with Gasteiger partial charge in [0.05, 0.1) is 12.6 Å². The number of hydrogen-bond acceptors (Lipinski definition) is 4. The summed E-state index contributed by atoms with van der Waals surface area (Å²) in [6, 6.07) is 14.4. The van der Waals surface area contributed by atoms with E-state index in [0.717, 1.165) is 50.8 Å². The molecule has 0 saturated carbocycles. The largest absolute Gasteiger partial charge is 0.391 e. The average molecular weight is 514 g/mol. The Balaban J connectivity index is 0.00000280. The zero-order valence-electron chi connectivity index (χ0n) is 16.5. The van der Waals surface area contributed by atoms with Crippen LogP contribution in [0.2, 0.25) is 0 Å². The molecule has 0 spiro atoms. The SMILES string of the molecule is CCNC(=NCC(O)Cc1ccccc1)N1CCN(Cc2cccs2)CC1.I. The van der Waals surface area contributed by atoms with Crippen molar-refractivity contribution in [1.82, 2.24) is 15.1 Å². The van der Waals surface area contributed by atoms with Crippen LogP contribution in [-0.4, -0.2) is 66.2 Å². The van der Waals surface area contributed by atoms with Gasteiger partial charge in [-0.05, 0) is 23.9 Å². The number of halogens is 1. The molecular weight excluding hydrogens is 483 g/mol. The molecular formula is C21H31IN4OS. The second kappa shape index (κ2) is 12.4. The standard InChI is InChI=1S/C21H30N4OS.HI/c1-2-22-21(23-16-19(26)15-18-7-4-3-5-8-18)25-12-10-24(11-13-25)17-20-9-6-14-27-20;/h3-9,14,19,26H,2,10-13,15-17H2,1H3,(H,22,23);1H. The van der Waals surface area contributed by atoms with Crippen LogP contribution in [0.1, 0.15) is 17.4 Å². The summed E-state index contributed by atoms with van der Waals surface area (Å²) in [6.07, 6.45) is 0.180. The second-order valence-corrected chi connectivity index (χ2v) is 7.91. The third-order valence-electron chi connectivity index (χ3n) is 4.73. The summed E-state index contributed by atoms with van der Waals surface area (Å²) in [5.41, 5.74) is 1.15. The number of guanidine groups is 1. The molecule has 1 unspecified atom stereocenters. The number of nitrogens with one attached hydrogen (secondary N) is 1. The predicted octanol–water partition coefficient (Wildman–Crippen LogP) is 3.05. The third-order valence-corrected chi connectivity index (χ3v) is 5.59. The van der Waals surface area contributed by atoms with Gasteiger partial charge >= 0.3 is 0 Å². The number of benzene rings is 1. The summed E-state index contributed by atoms with van der Waals surface area (Å²) in [6.45, 7) is 8.38. The van der Waals surface area contributed by atoms with Gasteiger partial charge in [-0.15, -0.1) is 35.3 Å². The topological polar surface area (TPSA) is 51.1 Å². The number of aliphatic imine (C=N–C) groups is 1. The molecule has 0 radical (unpaired) electrons. The number of thiophene rings is 1. The summed E-state index contributed by atoms with van der Waals surface area (Å²) in [7, 11) is 0. The minimum atomic E-state index is -0.457. The van der Waals surface area contributed by atoms with E-state index >= 15 is 0 Å². The summed E-state index contributed by atoms with van der Waals surface area (Å²) in [5, 5.41) is 15.9. The van der Waals surface area contributed by atoms with Crippen molar-refractivity contribution in [3.8, 4) is 0 Å². The molecule has 1 aromatic heterocycles. The molecule has 2 aromatic rings. The number of hydrogen-bond donors (Lipinski definition) is 2. The molecule has 28 heavy (non-hydrogen) atoms. The summed E-state index contributed by atoms with van der Waals surface area (Å²) < 4.78 is 0. The Hall–Kier alpha value is -1.16. The fraction of sp³-hybridized carbons (Fsp3) is 0.476. The van der Waals surface area contributed by atoms with E-state index in [1.165, 1.54) is 4.88 Å². The Bertz CT molecular complexity index is 688. The van der Waals surface area contributed by atoms with Gasteiger partial charge in [-0.2, -0.15) is 0 Å². The first-order valence-corrected chi connectivity index (χ1v) is 10.6. The van der Waals surface area contributed by atoms with Crippen molar-refractivity contribution in [1.29, 1.82) is 0 Å². The van der Waals surface area contributed by atoms with Crippen LogP contribution in [0, 0.1) is 0 Å². The highest BCUT2D eigenvalue weighted by molar-refractivity contribution is 14.0. The third kappa shape index (κ3) is 7.35. The molecule has 7 heteroatoms. The number of nitrogens with zero attached hydrogens (tertiary/aromatic N) is 3. The molecule has 1 aromatic carbocycles. The molecule has 154 valence electrons. The maximum atomic E-state index is 10.3. The van der Waals surface area contributed by atoms with Gasteiger partial charge < -0.3 is 15.3 Å². The first-order valence-electron chi connectivity index (χ1n) is 9.74. The highest BCUT2D eigenvalue weighted by Crippen LogP contribution is 2.13. The van der Waals surface area contributed by atoms with Crippen molar-refractivity contribution in [2.45, 2.75) is 26.0 Å². The average Bonchev–Trinajstić information content (AvgIpc) is 3.20. The van der Waals surface area contributed by atoms with Crippen LogP contribution >= 0.6 is 35.3 Å². The van der Waals surface area contributed by atoms with Crippen molar-refractivity contribution in [2.75, 3.05) is 39.3 Å². The van der Waals surface area contributed by atoms with Gasteiger partial charge in [0.15, 0.2) is 5.96 Å². The van der Waals surface area contributed by atoms with E-state index in [9.17, 15) is 5.11 Å². The Kier molecular flexibility index (Phi) is 10.3. The molecule has 2 N–H and O–H groups in total. The zero-order chi connectivity index (χ0) is 18.9. The van der Waals surface area contributed by atoms with Crippen molar-refractivity contribution in [3.05, 3.63) is 58.3 Å². The van der Waals surface area contributed by atoms with Gasteiger partial charge in [-0.3, -0.25) is 9.89 Å². The number of piperazine rings is 1. The Morgan fingerprint density at radius 1 is 1.14 bits per heavy atom. The molecule has 1 aliphatic rings. The second-order valence-electron chi connectivity index (χ2n) is 6.88. The van der Waals surface area contributed by atoms with Gasteiger partial charge in [0.1, 0.15) is 0 Å². The van der Waals surface area contributed by atoms with Gasteiger partial charge in [0.2, 0.25) is 0 Å². The van der Waals surface area contributed by atoms with Crippen LogP contribution in [0.25, 0.3) is 0 Å². The van der Waals surface area contributed by atoms with E-state index in [0.29, 0.717) is 13.0 Å². The Labute approximate surface area is 189 Å². The first-order chi connectivity index (χ1) is 13.2. The fourth-order valence-corrected chi connectivity index (χ4v) is 4.06. The molecule has 0 aliphatic carbocycles. The minimum Gasteiger partial charge on any atom is -0.391 e. The number of aliphatic hydroxyl groups is 1. The lowest BCUT2D eigenvalue weighted by Crippen LogP contribution is -2.52. The first kappa shape index (κ1) is 23.1. The lowest BCUT2D eigenvalue weighted by Gasteiger charge is -2.36. The van der Waals surface area contributed by atoms with Crippen LogP contribution in [0.15, 0.2) is 52.8 Å². The number of rotatable bonds is 7. The molecule has 1 atom stereocenters. The van der Waals surface area contributed by atoms with E-state index in [2.05, 4.69) is 39.6 Å². The Morgan fingerprint density at radius 2 is 1.89 bits per heavy atom. The highest BCUT2D eigenvalue weighted by Gasteiger charge is 2.20. The fourth-order valence-electron chi connectivity index (χ4n) is 3.31. The van der Waals surface area contributed by atoms with Gasteiger partial charge in [-0.1, -0.05) is 36.4 Å². The summed E-state index contributed by atoms with van der Waals surface area (Å²) in [4.78, 5) is 10.9. The molecule has 0 bridgehead atoms. The summed E-state index contributed by atoms with van der Waals surface area (Å²) in [5.74, 6) is 0.917. The summed E-state index contributed by atoms with van der Waals surface area (Å²) >= 11 is 1.82. The van der Waals surface area contributed by atoms with Crippen LogP contribution in [0.5, 0.6) is 0 Å². The zero-order valence-corrected chi connectivity index (χ0v) is 19.6. The normalized spacial score (nSPS) is 16.5. The van der Waals surface area contributed by atoms with Crippen LogP contribution in [-0.2, 0) is 13.0 Å². The smallest absolute Gasteiger partial charge is 0.194 e. The number of aliphatic hydroxyl groups excluding tert-OH is 1. The molecule has 5 nitrogen and oxygen atoms in total. The van der Waals surface area contributed by atoms with Gasteiger partial charge in [0.25, 0.3) is 0 Å². The molecule has 1 fully saturated rings. The molecule has 1 saturated heterocycles. The van der Waals surface area contributed by atoms with Crippen LogP contribution < -0.4 is 5.32 Å². The highest BCUT2D eigenvalue weighted by atomic mass is 127. The van der Waals surface area contributed by atoms with Gasteiger partial charge in [-0.25, -0.2) is 0 Å². The lowest BCUT2D eigenvalue weighted by molar-refractivity contribution is 0.169. The van der Waals surface area contributed by atoms with Crippen molar-refractivity contribution in [3.63, 3.8) is 0 Å². The molecule has 0 amide bonds. The van der Waals surface area contributed by atoms with E-state index < -0.39 is 6.10 Å². The van der Waals surface area contributed by atoms with Crippen molar-refractivity contribution >= 4 is 41.3 Å². The van der Waals surface area contributed by atoms with Crippen LogP contribution in [0.4, 0.5) is 0 Å². The van der Waals surface area contributed by atoms with Crippen molar-refractivity contribution < 1.29 is 5.11 Å². The minimum absolute atomic E-state index is 0. The van der Waals surface area contributed by atoms with E-state index in [-0.39, 0.29) is 24.0 Å². The maximum absolute atomic E-state index is 10.3. The molecule has 2 heterocycles. The van der Waals surface area contributed by atoms with E-state index in [1.54, 1.807) is 0 Å². The monoisotopic (exact) mass is 514 g/mol.